The van der Waals surface area contributed by atoms with Crippen LogP contribution in [0.25, 0.3) is 11.1 Å². The minimum atomic E-state index is -0.132. The molecule has 3 amide bonds. The number of nitrogens with one attached hydrogen (secondary N) is 2. The number of hydrogen-bond donors (Lipinski definition) is 2. The summed E-state index contributed by atoms with van der Waals surface area (Å²) in [7, 11) is 0. The molecule has 1 aliphatic rings. The maximum atomic E-state index is 12.8. The fraction of sp³-hybridized carbons (Fsp3) is 0.143. The highest BCUT2D eigenvalue weighted by molar-refractivity contribution is 7.12. The maximum Gasteiger partial charge on any atom is 0.321 e. The molecule has 1 aliphatic heterocycles. The highest BCUT2D eigenvalue weighted by Crippen LogP contribution is 2.29. The number of hydrogen-bond acceptors (Lipinski definition) is 3. The molecule has 136 valence electrons. The van der Waals surface area contributed by atoms with Crippen LogP contribution in [0.4, 0.5) is 16.2 Å². The zero-order chi connectivity index (χ0) is 18.8. The quantitative estimate of drug-likeness (QED) is 0.703. The molecule has 2 N–H and O–H groups in total. The van der Waals surface area contributed by atoms with E-state index in [9.17, 15) is 9.59 Å². The largest absolute Gasteiger partial charge is 0.336 e. The Kier molecular flexibility index (Phi) is 4.64. The Hall–Kier alpha value is -3.12. The van der Waals surface area contributed by atoms with E-state index >= 15 is 0 Å². The average molecular weight is 377 g/mol. The smallest absolute Gasteiger partial charge is 0.321 e. The van der Waals surface area contributed by atoms with Crippen LogP contribution in [-0.2, 0) is 0 Å². The van der Waals surface area contributed by atoms with E-state index in [0.29, 0.717) is 23.7 Å². The maximum absolute atomic E-state index is 12.8. The normalized spacial score (nSPS) is 13.5. The number of urea groups is 1. The summed E-state index contributed by atoms with van der Waals surface area (Å²) in [5.41, 5.74) is 4.67. The van der Waals surface area contributed by atoms with Crippen LogP contribution in [0.3, 0.4) is 0 Å². The Labute approximate surface area is 161 Å². The van der Waals surface area contributed by atoms with Crippen LogP contribution in [-0.4, -0.2) is 25.0 Å². The minimum Gasteiger partial charge on any atom is -0.336 e. The molecule has 0 aliphatic carbocycles. The van der Waals surface area contributed by atoms with Crippen molar-refractivity contribution in [2.45, 2.75) is 6.92 Å². The standard InChI is InChI=1S/C21H19N3O2S/c1-14-2-4-15(5-3-14)18-10-13-27-19(18)20(25)23-16-6-8-17(9-7-16)24-12-11-22-21(24)26/h2-10,13H,11-12H2,1H3,(H,22,26)(H,23,25). The first kappa shape index (κ1) is 17.3. The fourth-order valence-electron chi connectivity index (χ4n) is 3.08. The van der Waals surface area contributed by atoms with Crippen LogP contribution in [0.2, 0.25) is 0 Å². The van der Waals surface area contributed by atoms with Gasteiger partial charge in [0.05, 0.1) is 4.88 Å². The van der Waals surface area contributed by atoms with Crippen molar-refractivity contribution in [3.8, 4) is 11.1 Å². The number of benzene rings is 2. The molecular formula is C21H19N3O2S. The van der Waals surface area contributed by atoms with Crippen molar-refractivity contribution in [2.75, 3.05) is 23.3 Å². The van der Waals surface area contributed by atoms with Crippen LogP contribution in [0, 0.1) is 6.92 Å². The summed E-state index contributed by atoms with van der Waals surface area (Å²) in [4.78, 5) is 26.8. The lowest BCUT2D eigenvalue weighted by Gasteiger charge is -2.14. The van der Waals surface area contributed by atoms with E-state index in [0.717, 1.165) is 16.8 Å². The summed E-state index contributed by atoms with van der Waals surface area (Å²) in [5, 5.41) is 7.65. The predicted octanol–water partition coefficient (Wildman–Crippen LogP) is 4.51. The van der Waals surface area contributed by atoms with E-state index in [-0.39, 0.29) is 11.9 Å². The number of thiophene rings is 1. The molecule has 1 aromatic heterocycles. The molecular weight excluding hydrogens is 358 g/mol. The number of rotatable bonds is 4. The van der Waals surface area contributed by atoms with E-state index in [1.54, 1.807) is 4.90 Å². The Morgan fingerprint density at radius 2 is 1.81 bits per heavy atom. The lowest BCUT2D eigenvalue weighted by Crippen LogP contribution is -2.27. The molecule has 0 unspecified atom stereocenters. The van der Waals surface area contributed by atoms with Gasteiger partial charge in [0.15, 0.2) is 0 Å². The second-order valence-corrected chi connectivity index (χ2v) is 7.33. The zero-order valence-electron chi connectivity index (χ0n) is 14.9. The van der Waals surface area contributed by atoms with Crippen LogP contribution < -0.4 is 15.5 Å². The molecule has 0 radical (unpaired) electrons. The van der Waals surface area contributed by atoms with E-state index in [4.69, 9.17) is 0 Å². The van der Waals surface area contributed by atoms with Crippen molar-refractivity contribution in [3.05, 3.63) is 70.4 Å². The third kappa shape index (κ3) is 3.57. The lowest BCUT2D eigenvalue weighted by atomic mass is 10.0. The molecule has 3 aromatic rings. The molecule has 2 heterocycles. The zero-order valence-corrected chi connectivity index (χ0v) is 15.7. The lowest BCUT2D eigenvalue weighted by molar-refractivity contribution is 0.103. The SMILES string of the molecule is Cc1ccc(-c2ccsc2C(=O)Nc2ccc(N3CCNC3=O)cc2)cc1. The summed E-state index contributed by atoms with van der Waals surface area (Å²) in [6.07, 6.45) is 0. The van der Waals surface area contributed by atoms with Crippen LogP contribution >= 0.6 is 11.3 Å². The monoisotopic (exact) mass is 377 g/mol. The third-order valence-electron chi connectivity index (χ3n) is 4.53. The first-order valence-corrected chi connectivity index (χ1v) is 9.61. The van der Waals surface area contributed by atoms with Gasteiger partial charge >= 0.3 is 6.03 Å². The first-order valence-electron chi connectivity index (χ1n) is 8.73. The van der Waals surface area contributed by atoms with E-state index in [1.165, 1.54) is 16.9 Å². The fourth-order valence-corrected chi connectivity index (χ4v) is 3.89. The topological polar surface area (TPSA) is 61.4 Å². The van der Waals surface area contributed by atoms with Gasteiger partial charge in [-0.2, -0.15) is 0 Å². The van der Waals surface area contributed by atoms with E-state index in [1.807, 2.05) is 66.9 Å². The molecule has 5 nitrogen and oxygen atoms in total. The van der Waals surface area contributed by atoms with E-state index in [2.05, 4.69) is 10.6 Å². The highest BCUT2D eigenvalue weighted by atomic mass is 32.1. The Morgan fingerprint density at radius 1 is 1.07 bits per heavy atom. The molecule has 0 spiro atoms. The van der Waals surface area contributed by atoms with Crippen molar-refractivity contribution >= 4 is 34.6 Å². The number of amides is 3. The van der Waals surface area contributed by atoms with Gasteiger partial charge in [0, 0.05) is 30.0 Å². The predicted molar refractivity (Wildman–Crippen MR) is 110 cm³/mol. The van der Waals surface area contributed by atoms with E-state index < -0.39 is 0 Å². The summed E-state index contributed by atoms with van der Waals surface area (Å²) in [6.45, 7) is 3.34. The Bertz CT molecular complexity index is 977. The second-order valence-electron chi connectivity index (χ2n) is 6.41. The van der Waals surface area contributed by atoms with Crippen molar-refractivity contribution in [1.29, 1.82) is 0 Å². The second kappa shape index (κ2) is 7.25. The highest BCUT2D eigenvalue weighted by Gasteiger charge is 2.21. The Morgan fingerprint density at radius 3 is 2.48 bits per heavy atom. The number of nitrogens with zero attached hydrogens (tertiary/aromatic N) is 1. The van der Waals surface area contributed by atoms with Crippen molar-refractivity contribution in [3.63, 3.8) is 0 Å². The molecule has 1 fully saturated rings. The van der Waals surface area contributed by atoms with Crippen molar-refractivity contribution in [1.82, 2.24) is 5.32 Å². The van der Waals surface area contributed by atoms with Gasteiger partial charge in [-0.15, -0.1) is 11.3 Å². The van der Waals surface area contributed by atoms with Gasteiger partial charge in [-0.1, -0.05) is 29.8 Å². The molecule has 0 saturated carbocycles. The van der Waals surface area contributed by atoms with Gasteiger partial charge < -0.3 is 10.6 Å². The summed E-state index contributed by atoms with van der Waals surface area (Å²) in [6, 6.07) is 17.4. The minimum absolute atomic E-state index is 0.0897. The van der Waals surface area contributed by atoms with Gasteiger partial charge in [-0.3, -0.25) is 9.69 Å². The van der Waals surface area contributed by atoms with Gasteiger partial charge in [-0.05, 0) is 48.2 Å². The molecule has 6 heteroatoms. The van der Waals surface area contributed by atoms with Gasteiger partial charge in [0.1, 0.15) is 0 Å². The molecule has 0 bridgehead atoms. The van der Waals surface area contributed by atoms with Gasteiger partial charge in [-0.25, -0.2) is 4.79 Å². The van der Waals surface area contributed by atoms with Crippen molar-refractivity contribution < 1.29 is 9.59 Å². The molecule has 4 rings (SSSR count). The summed E-state index contributed by atoms with van der Waals surface area (Å²) >= 11 is 1.43. The Balaban J connectivity index is 1.51. The van der Waals surface area contributed by atoms with Crippen molar-refractivity contribution in [2.24, 2.45) is 0 Å². The van der Waals surface area contributed by atoms with Crippen LogP contribution in [0.5, 0.6) is 0 Å². The van der Waals surface area contributed by atoms with Crippen LogP contribution in [0.1, 0.15) is 15.2 Å². The number of carbonyl (C=O) groups excluding carboxylic acids is 2. The van der Waals surface area contributed by atoms with Gasteiger partial charge in [0.25, 0.3) is 5.91 Å². The number of aryl methyl sites for hydroxylation is 1. The average Bonchev–Trinajstić information content (AvgIpc) is 3.32. The summed E-state index contributed by atoms with van der Waals surface area (Å²) in [5.74, 6) is -0.132. The van der Waals surface area contributed by atoms with Gasteiger partial charge in [0.2, 0.25) is 0 Å². The summed E-state index contributed by atoms with van der Waals surface area (Å²) < 4.78 is 0. The molecule has 1 saturated heterocycles. The van der Waals surface area contributed by atoms with Crippen LogP contribution in [0.15, 0.2) is 60.0 Å². The molecule has 2 aromatic carbocycles. The first-order chi connectivity index (χ1) is 13.1. The number of carbonyl (C=O) groups is 2. The molecule has 27 heavy (non-hydrogen) atoms. The molecule has 0 atom stereocenters. The number of anilines is 2. The third-order valence-corrected chi connectivity index (χ3v) is 5.44.